The molecule has 3 heteroatoms. The maximum absolute atomic E-state index is 5.11. The second-order valence-corrected chi connectivity index (χ2v) is 2.54. The number of fused-ring (bicyclic) bond motifs is 1. The Kier molecular flexibility index (Phi) is 1.35. The van der Waals surface area contributed by atoms with Crippen LogP contribution in [0.25, 0.3) is 6.08 Å². The van der Waals surface area contributed by atoms with Gasteiger partial charge < -0.3 is 4.42 Å². The maximum atomic E-state index is 5.11. The van der Waals surface area contributed by atoms with Crippen molar-refractivity contribution in [2.45, 2.75) is 6.92 Å². The molecule has 0 saturated heterocycles. The predicted octanol–water partition coefficient (Wildman–Crippen LogP) is 0.238. The van der Waals surface area contributed by atoms with Crippen LogP contribution >= 0.6 is 0 Å². The van der Waals surface area contributed by atoms with Gasteiger partial charge in [-0.1, -0.05) is 13.0 Å². The van der Waals surface area contributed by atoms with Crippen molar-refractivity contribution in [3.8, 4) is 0 Å². The number of aromatic nitrogens is 1. The van der Waals surface area contributed by atoms with E-state index in [2.05, 4.69) is 16.9 Å². The minimum atomic E-state index is 0.368. The number of allylic oxidation sites excluding steroid dienone is 1. The van der Waals surface area contributed by atoms with Gasteiger partial charge in [0.1, 0.15) is 0 Å². The highest BCUT2D eigenvalue weighted by Gasteiger charge is 1.98. The summed E-state index contributed by atoms with van der Waals surface area (Å²) in [5, 5.41) is 0. The van der Waals surface area contributed by atoms with Gasteiger partial charge in [0.15, 0.2) is 17.3 Å². The van der Waals surface area contributed by atoms with E-state index < -0.39 is 0 Å². The summed E-state index contributed by atoms with van der Waals surface area (Å²) in [7, 11) is 0. The topological polar surface area (TPSA) is 38.4 Å². The molecule has 0 amide bonds. The lowest BCUT2D eigenvalue weighted by Crippen LogP contribution is -2.21. The van der Waals surface area contributed by atoms with Crippen molar-refractivity contribution in [3.05, 3.63) is 29.6 Å². The molecule has 0 aliphatic carbocycles. The molecular weight excluding hydrogens is 140 g/mol. The Bertz CT molecular complexity index is 388. The largest absolute Gasteiger partial charge is 0.442 e. The Balaban J connectivity index is 2.74. The van der Waals surface area contributed by atoms with E-state index in [9.17, 15) is 0 Å². The Morgan fingerprint density at radius 3 is 3.36 bits per heavy atom. The molecule has 0 N–H and O–H groups in total. The first-order valence-electron chi connectivity index (χ1n) is 3.52. The normalized spacial score (nSPS) is 21.4. The SMILES string of the molecule is CC1C=CN=c2ncoc2=C1. The lowest BCUT2D eigenvalue weighted by atomic mass is 10.2. The van der Waals surface area contributed by atoms with E-state index in [1.807, 2.05) is 12.2 Å². The van der Waals surface area contributed by atoms with Gasteiger partial charge in [-0.2, -0.15) is 4.98 Å². The second-order valence-electron chi connectivity index (χ2n) is 2.54. The molecule has 0 radical (unpaired) electrons. The fourth-order valence-electron chi connectivity index (χ4n) is 1.00. The van der Waals surface area contributed by atoms with Gasteiger partial charge in [0.05, 0.1) is 0 Å². The Morgan fingerprint density at radius 2 is 2.45 bits per heavy atom. The Labute approximate surface area is 63.8 Å². The van der Waals surface area contributed by atoms with E-state index in [-0.39, 0.29) is 0 Å². The molecule has 0 spiro atoms. The first kappa shape index (κ1) is 6.34. The molecule has 1 aliphatic rings. The summed E-state index contributed by atoms with van der Waals surface area (Å²) >= 11 is 0. The van der Waals surface area contributed by atoms with Crippen LogP contribution in [-0.4, -0.2) is 4.98 Å². The Hall–Kier alpha value is -1.38. The van der Waals surface area contributed by atoms with Crippen LogP contribution in [0.15, 0.2) is 28.1 Å². The summed E-state index contributed by atoms with van der Waals surface area (Å²) in [4.78, 5) is 8.02. The summed E-state index contributed by atoms with van der Waals surface area (Å²) in [6, 6.07) is 0. The van der Waals surface area contributed by atoms with Crippen molar-refractivity contribution in [1.29, 1.82) is 0 Å². The van der Waals surface area contributed by atoms with Crippen LogP contribution in [0.1, 0.15) is 6.92 Å². The lowest BCUT2D eigenvalue weighted by Gasteiger charge is -1.89. The smallest absolute Gasteiger partial charge is 0.198 e. The van der Waals surface area contributed by atoms with Gasteiger partial charge in [-0.25, -0.2) is 4.99 Å². The third-order valence-electron chi connectivity index (χ3n) is 1.58. The first-order chi connectivity index (χ1) is 5.36. The van der Waals surface area contributed by atoms with Gasteiger partial charge in [0.2, 0.25) is 0 Å². The quantitative estimate of drug-likeness (QED) is 0.528. The third-order valence-corrected chi connectivity index (χ3v) is 1.58. The van der Waals surface area contributed by atoms with Crippen molar-refractivity contribution in [1.82, 2.24) is 4.98 Å². The van der Waals surface area contributed by atoms with E-state index in [1.54, 1.807) is 6.20 Å². The van der Waals surface area contributed by atoms with Crippen molar-refractivity contribution in [2.24, 2.45) is 10.9 Å². The number of nitrogens with zero attached hydrogens (tertiary/aromatic N) is 2. The van der Waals surface area contributed by atoms with Gasteiger partial charge in [-0.15, -0.1) is 0 Å². The van der Waals surface area contributed by atoms with E-state index in [4.69, 9.17) is 4.42 Å². The van der Waals surface area contributed by atoms with Gasteiger partial charge in [-0.3, -0.25) is 0 Å². The zero-order valence-corrected chi connectivity index (χ0v) is 6.19. The molecule has 0 fully saturated rings. The van der Waals surface area contributed by atoms with Crippen LogP contribution in [0.5, 0.6) is 0 Å². The molecule has 0 saturated carbocycles. The molecular formula is C8H8N2O. The zero-order chi connectivity index (χ0) is 7.68. The maximum Gasteiger partial charge on any atom is 0.198 e. The van der Waals surface area contributed by atoms with Gasteiger partial charge >= 0.3 is 0 Å². The summed E-state index contributed by atoms with van der Waals surface area (Å²) in [5.74, 6) is 0.368. The molecule has 1 aromatic rings. The molecule has 2 rings (SSSR count). The number of rotatable bonds is 0. The molecule has 11 heavy (non-hydrogen) atoms. The molecule has 56 valence electrons. The van der Waals surface area contributed by atoms with Gasteiger partial charge in [0, 0.05) is 6.20 Å². The van der Waals surface area contributed by atoms with Crippen LogP contribution in [0.3, 0.4) is 0 Å². The lowest BCUT2D eigenvalue weighted by molar-refractivity contribution is 0.521. The second kappa shape index (κ2) is 2.34. The molecule has 1 aliphatic heterocycles. The fraction of sp³-hybridized carbons (Fsp3) is 0.250. The number of hydrogen-bond donors (Lipinski definition) is 0. The highest BCUT2D eigenvalue weighted by atomic mass is 16.3. The molecule has 0 aromatic carbocycles. The van der Waals surface area contributed by atoms with Gasteiger partial charge in [-0.05, 0) is 12.0 Å². The monoisotopic (exact) mass is 148 g/mol. The molecule has 3 nitrogen and oxygen atoms in total. The van der Waals surface area contributed by atoms with Crippen LogP contribution < -0.4 is 10.9 Å². The molecule has 1 unspecified atom stereocenters. The third kappa shape index (κ3) is 1.09. The highest BCUT2D eigenvalue weighted by Crippen LogP contribution is 1.99. The van der Waals surface area contributed by atoms with E-state index >= 15 is 0 Å². The average Bonchev–Trinajstić information content (AvgIpc) is 2.31. The number of oxazole rings is 1. The predicted molar refractivity (Wildman–Crippen MR) is 40.1 cm³/mol. The number of hydrogen-bond acceptors (Lipinski definition) is 3. The standard InChI is InChI=1S/C8H8N2O/c1-6-2-3-9-8-7(4-6)11-5-10-8/h2-6H,1H3. The van der Waals surface area contributed by atoms with E-state index in [0.717, 1.165) is 5.42 Å². The van der Waals surface area contributed by atoms with Crippen molar-refractivity contribution >= 4 is 6.08 Å². The summed E-state index contributed by atoms with van der Waals surface area (Å²) in [6.07, 6.45) is 7.17. The van der Waals surface area contributed by atoms with Crippen molar-refractivity contribution in [3.63, 3.8) is 0 Å². The minimum absolute atomic E-state index is 0.368. The first-order valence-corrected chi connectivity index (χ1v) is 3.52. The molecule has 0 bridgehead atoms. The van der Waals surface area contributed by atoms with Crippen LogP contribution in [0.2, 0.25) is 0 Å². The highest BCUT2D eigenvalue weighted by molar-refractivity contribution is 5.25. The molecule has 2 heterocycles. The minimum Gasteiger partial charge on any atom is -0.442 e. The van der Waals surface area contributed by atoms with Gasteiger partial charge in [0.25, 0.3) is 0 Å². The van der Waals surface area contributed by atoms with Crippen molar-refractivity contribution in [2.75, 3.05) is 0 Å². The zero-order valence-electron chi connectivity index (χ0n) is 6.19. The van der Waals surface area contributed by atoms with Crippen molar-refractivity contribution < 1.29 is 4.42 Å². The van der Waals surface area contributed by atoms with Crippen LogP contribution in [0, 0.1) is 5.92 Å². The van der Waals surface area contributed by atoms with Crippen LogP contribution in [-0.2, 0) is 0 Å². The average molecular weight is 148 g/mol. The fourth-order valence-corrected chi connectivity index (χ4v) is 1.00. The van der Waals surface area contributed by atoms with Crippen LogP contribution in [0.4, 0.5) is 0 Å². The summed E-state index contributed by atoms with van der Waals surface area (Å²) in [6.45, 7) is 2.07. The van der Waals surface area contributed by atoms with E-state index in [0.29, 0.717) is 11.4 Å². The van der Waals surface area contributed by atoms with E-state index in [1.165, 1.54) is 6.39 Å². The Morgan fingerprint density at radius 1 is 1.55 bits per heavy atom. The summed E-state index contributed by atoms with van der Waals surface area (Å²) < 4.78 is 5.11. The molecule has 1 aromatic heterocycles. The molecule has 1 atom stereocenters. The summed E-state index contributed by atoms with van der Waals surface area (Å²) in [5.41, 5.74) is 1.44.